The molecule has 0 fully saturated rings. The molecule has 2 rings (SSSR count). The average molecular weight is 427 g/mol. The molecular weight excluding hydrogens is 400 g/mol. The first kappa shape index (κ1) is 23.9. The maximum atomic E-state index is 11.9. The first-order valence-corrected chi connectivity index (χ1v) is 10.8. The lowest BCUT2D eigenvalue weighted by atomic mass is 10.1. The summed E-state index contributed by atoms with van der Waals surface area (Å²) >= 11 is 0. The Labute approximate surface area is 172 Å². The molecule has 28 heavy (non-hydrogen) atoms. The van der Waals surface area contributed by atoms with Crippen LogP contribution in [0.5, 0.6) is 5.75 Å². The quantitative estimate of drug-likeness (QED) is 0.569. The monoisotopic (exact) mass is 426 g/mol. The van der Waals surface area contributed by atoms with Crippen LogP contribution >= 0.6 is 12.4 Å². The molecule has 8 heteroatoms. The molecule has 0 aliphatic carbocycles. The minimum absolute atomic E-state index is 0. The van der Waals surface area contributed by atoms with Crippen molar-refractivity contribution in [3.8, 4) is 5.75 Å². The van der Waals surface area contributed by atoms with E-state index in [0.29, 0.717) is 31.7 Å². The van der Waals surface area contributed by atoms with Gasteiger partial charge in [-0.25, -0.2) is 8.42 Å². The number of rotatable bonds is 10. The Morgan fingerprint density at radius 1 is 1.07 bits per heavy atom. The fourth-order valence-corrected chi connectivity index (χ4v) is 3.12. The molecule has 2 aromatic rings. The van der Waals surface area contributed by atoms with Crippen LogP contribution in [0.4, 0.5) is 0 Å². The maximum Gasteiger partial charge on any atom is 0.220 e. The zero-order chi connectivity index (χ0) is 19.7. The first-order chi connectivity index (χ1) is 12.9. The number of nitrogens with one attached hydrogen (secondary N) is 1. The van der Waals surface area contributed by atoms with Crippen LogP contribution in [0, 0.1) is 0 Å². The van der Waals surface area contributed by atoms with E-state index in [2.05, 4.69) is 5.32 Å². The highest BCUT2D eigenvalue weighted by molar-refractivity contribution is 7.90. The van der Waals surface area contributed by atoms with Gasteiger partial charge in [-0.05, 0) is 42.7 Å². The zero-order valence-corrected chi connectivity index (χ0v) is 17.5. The Kier molecular flexibility index (Phi) is 9.99. The van der Waals surface area contributed by atoms with Gasteiger partial charge >= 0.3 is 0 Å². The molecule has 0 aliphatic rings. The second-order valence-electron chi connectivity index (χ2n) is 6.37. The van der Waals surface area contributed by atoms with E-state index in [9.17, 15) is 13.2 Å². The molecule has 3 N–H and O–H groups in total. The van der Waals surface area contributed by atoms with Crippen molar-refractivity contribution in [3.05, 3.63) is 60.2 Å². The number of amides is 1. The smallest absolute Gasteiger partial charge is 0.220 e. The number of benzene rings is 2. The van der Waals surface area contributed by atoms with Crippen LogP contribution in [0.15, 0.2) is 59.5 Å². The van der Waals surface area contributed by atoms with E-state index < -0.39 is 9.84 Å². The largest absolute Gasteiger partial charge is 0.494 e. The fourth-order valence-electron chi connectivity index (χ4n) is 2.49. The predicted molar refractivity (Wildman–Crippen MR) is 113 cm³/mol. The third-order valence-electron chi connectivity index (χ3n) is 4.07. The summed E-state index contributed by atoms with van der Waals surface area (Å²) in [4.78, 5) is 12.1. The third-order valence-corrected chi connectivity index (χ3v) is 5.19. The second-order valence-corrected chi connectivity index (χ2v) is 8.39. The summed E-state index contributed by atoms with van der Waals surface area (Å²) in [6, 6.07) is 15.7. The lowest BCUT2D eigenvalue weighted by molar-refractivity contribution is -0.121. The van der Waals surface area contributed by atoms with Crippen molar-refractivity contribution >= 4 is 28.2 Å². The summed E-state index contributed by atoms with van der Waals surface area (Å²) in [6.07, 6.45) is 3.01. The number of halogens is 1. The summed E-state index contributed by atoms with van der Waals surface area (Å²) in [5.41, 5.74) is 7.04. The predicted octanol–water partition coefficient (Wildman–Crippen LogP) is 2.88. The topological polar surface area (TPSA) is 98.5 Å². The molecule has 0 saturated carbocycles. The summed E-state index contributed by atoms with van der Waals surface area (Å²) < 4.78 is 28.4. The third kappa shape index (κ3) is 8.29. The molecule has 2 aromatic carbocycles. The van der Waals surface area contributed by atoms with E-state index >= 15 is 0 Å². The maximum absolute atomic E-state index is 11.9. The molecule has 0 spiro atoms. The standard InChI is InChI=1S/C20H26N2O4S.ClH/c1-27(24,25)18-12-10-17(11-13-18)26-14-6-5-9-20(23)22-15-19(21)16-7-3-2-4-8-16;/h2-4,7-8,10-13,19H,5-6,9,14-15,21H2,1H3,(H,22,23);1H. The number of carbonyl (C=O) groups excluding carboxylic acids is 1. The minimum atomic E-state index is -3.20. The van der Waals surface area contributed by atoms with Gasteiger partial charge in [0.05, 0.1) is 11.5 Å². The highest BCUT2D eigenvalue weighted by Gasteiger charge is 2.08. The van der Waals surface area contributed by atoms with Crippen molar-refractivity contribution in [2.75, 3.05) is 19.4 Å². The molecule has 154 valence electrons. The number of sulfone groups is 1. The van der Waals surface area contributed by atoms with Crippen molar-refractivity contribution in [1.82, 2.24) is 5.32 Å². The van der Waals surface area contributed by atoms with Crippen molar-refractivity contribution in [2.24, 2.45) is 5.73 Å². The number of nitrogens with two attached hydrogens (primary N) is 1. The van der Waals surface area contributed by atoms with Crippen LogP contribution in [-0.2, 0) is 14.6 Å². The van der Waals surface area contributed by atoms with Crippen LogP contribution in [0.25, 0.3) is 0 Å². The number of hydrogen-bond donors (Lipinski definition) is 2. The fraction of sp³-hybridized carbons (Fsp3) is 0.350. The lowest BCUT2D eigenvalue weighted by Crippen LogP contribution is -2.31. The van der Waals surface area contributed by atoms with Crippen LogP contribution in [-0.4, -0.2) is 33.7 Å². The van der Waals surface area contributed by atoms with E-state index in [1.807, 2.05) is 30.3 Å². The molecule has 1 unspecified atom stereocenters. The van der Waals surface area contributed by atoms with Crippen molar-refractivity contribution < 1.29 is 17.9 Å². The average Bonchev–Trinajstić information content (AvgIpc) is 2.66. The molecule has 0 aliphatic heterocycles. The van der Waals surface area contributed by atoms with Gasteiger partial charge < -0.3 is 15.8 Å². The van der Waals surface area contributed by atoms with Crippen LogP contribution in [0.1, 0.15) is 30.9 Å². The molecule has 1 amide bonds. The molecule has 6 nitrogen and oxygen atoms in total. The number of ether oxygens (including phenoxy) is 1. The Hall–Kier alpha value is -2.09. The van der Waals surface area contributed by atoms with Crippen LogP contribution < -0.4 is 15.8 Å². The van der Waals surface area contributed by atoms with Crippen molar-refractivity contribution in [3.63, 3.8) is 0 Å². The highest BCUT2D eigenvalue weighted by Crippen LogP contribution is 2.16. The Morgan fingerprint density at radius 2 is 1.71 bits per heavy atom. The Morgan fingerprint density at radius 3 is 2.32 bits per heavy atom. The minimum Gasteiger partial charge on any atom is -0.494 e. The molecule has 0 aromatic heterocycles. The lowest BCUT2D eigenvalue weighted by Gasteiger charge is -2.13. The van der Waals surface area contributed by atoms with Crippen LogP contribution in [0.3, 0.4) is 0 Å². The molecule has 0 bridgehead atoms. The first-order valence-electron chi connectivity index (χ1n) is 8.86. The Balaban J connectivity index is 0.00000392. The molecule has 1 atom stereocenters. The molecule has 0 saturated heterocycles. The van der Waals surface area contributed by atoms with Crippen molar-refractivity contribution in [2.45, 2.75) is 30.2 Å². The van der Waals surface area contributed by atoms with Gasteiger partial charge in [-0.3, -0.25) is 4.79 Å². The van der Waals surface area contributed by atoms with E-state index in [1.165, 1.54) is 18.4 Å². The van der Waals surface area contributed by atoms with E-state index in [-0.39, 0.29) is 29.3 Å². The van der Waals surface area contributed by atoms with Gasteiger partial charge in [0.25, 0.3) is 0 Å². The number of carbonyl (C=O) groups is 1. The van der Waals surface area contributed by atoms with Gasteiger partial charge in [0, 0.05) is 25.3 Å². The summed E-state index contributed by atoms with van der Waals surface area (Å²) in [5.74, 6) is 0.583. The van der Waals surface area contributed by atoms with E-state index in [4.69, 9.17) is 10.5 Å². The van der Waals surface area contributed by atoms with Gasteiger partial charge in [0.15, 0.2) is 9.84 Å². The molecular formula is C20H27ClN2O4S. The summed E-state index contributed by atoms with van der Waals surface area (Å²) in [5, 5.41) is 2.85. The van der Waals surface area contributed by atoms with E-state index in [0.717, 1.165) is 12.0 Å². The van der Waals surface area contributed by atoms with Crippen molar-refractivity contribution in [1.29, 1.82) is 0 Å². The number of unbranched alkanes of at least 4 members (excludes halogenated alkanes) is 1. The zero-order valence-electron chi connectivity index (χ0n) is 15.8. The molecule has 0 heterocycles. The van der Waals surface area contributed by atoms with Gasteiger partial charge in [-0.2, -0.15) is 0 Å². The summed E-state index contributed by atoms with van der Waals surface area (Å²) in [7, 11) is -3.20. The van der Waals surface area contributed by atoms with Gasteiger partial charge in [-0.15, -0.1) is 12.4 Å². The molecule has 0 radical (unpaired) electrons. The van der Waals surface area contributed by atoms with Gasteiger partial charge in [0.2, 0.25) is 5.91 Å². The summed E-state index contributed by atoms with van der Waals surface area (Å²) in [6.45, 7) is 0.876. The van der Waals surface area contributed by atoms with Crippen LogP contribution in [0.2, 0.25) is 0 Å². The van der Waals surface area contributed by atoms with E-state index in [1.54, 1.807) is 12.1 Å². The normalized spacial score (nSPS) is 11.9. The SMILES string of the molecule is CS(=O)(=O)c1ccc(OCCCCC(=O)NCC(N)c2ccccc2)cc1.Cl. The van der Waals surface area contributed by atoms with Gasteiger partial charge in [0.1, 0.15) is 5.75 Å². The second kappa shape index (κ2) is 11.7. The number of hydrogen-bond acceptors (Lipinski definition) is 5. The highest BCUT2D eigenvalue weighted by atomic mass is 35.5. The van der Waals surface area contributed by atoms with Gasteiger partial charge in [-0.1, -0.05) is 30.3 Å². The Bertz CT molecular complexity index is 827.